The molecule has 134 valence electrons. The molecule has 1 aromatic heterocycles. The van der Waals surface area contributed by atoms with Gasteiger partial charge >= 0.3 is 5.97 Å². The van der Waals surface area contributed by atoms with Gasteiger partial charge < -0.3 is 9.84 Å². The van der Waals surface area contributed by atoms with E-state index in [9.17, 15) is 4.79 Å². The topological polar surface area (TPSA) is 75.2 Å². The molecule has 1 atom stereocenters. The van der Waals surface area contributed by atoms with Crippen LogP contribution >= 0.6 is 11.8 Å². The van der Waals surface area contributed by atoms with Crippen LogP contribution in [0, 0.1) is 13.8 Å². The van der Waals surface area contributed by atoms with E-state index in [4.69, 9.17) is 9.84 Å². The molecule has 0 aliphatic rings. The number of nitrogens with zero attached hydrogens (tertiary/aromatic N) is 1. The molecule has 0 bridgehead atoms. The van der Waals surface area contributed by atoms with Gasteiger partial charge in [-0.1, -0.05) is 30.3 Å². The Morgan fingerprint density at radius 1 is 1.23 bits per heavy atom. The lowest BCUT2D eigenvalue weighted by Crippen LogP contribution is -2.10. The number of carboxylic acids is 1. The summed E-state index contributed by atoms with van der Waals surface area (Å²) in [4.78, 5) is 11.8. The molecule has 0 radical (unpaired) electrons. The zero-order chi connectivity index (χ0) is 18.5. The third kappa shape index (κ3) is 4.26. The Bertz CT molecular complexity index is 893. The highest BCUT2D eigenvalue weighted by atomic mass is 32.2. The largest absolute Gasteiger partial charge is 0.482 e. The van der Waals surface area contributed by atoms with E-state index in [1.165, 1.54) is 5.56 Å². The molecule has 1 unspecified atom stereocenters. The molecule has 0 saturated heterocycles. The maximum Gasteiger partial charge on any atom is 0.341 e. The van der Waals surface area contributed by atoms with E-state index in [2.05, 4.69) is 22.3 Å². The molecule has 5 nitrogen and oxygen atoms in total. The number of benzene rings is 2. The zero-order valence-corrected chi connectivity index (χ0v) is 15.4. The van der Waals surface area contributed by atoms with Crippen molar-refractivity contribution in [1.29, 1.82) is 0 Å². The lowest BCUT2D eigenvalue weighted by molar-refractivity contribution is -0.139. The van der Waals surface area contributed by atoms with Crippen LogP contribution in [0.1, 0.15) is 27.6 Å². The standard InChI is InChI=1S/C20H20N2O3S/c1-13-10-16(8-9-18(13)25-12-19(23)24)26-20(15-6-4-3-5-7-15)17-11-21-22-14(17)2/h3-11,20H,12H2,1-2H3,(H,21,22)(H,23,24). The number of hydrogen-bond donors (Lipinski definition) is 2. The van der Waals surface area contributed by atoms with Crippen LogP contribution in [0.2, 0.25) is 0 Å². The Labute approximate surface area is 156 Å². The van der Waals surface area contributed by atoms with Gasteiger partial charge in [0.2, 0.25) is 0 Å². The third-order valence-corrected chi connectivity index (χ3v) is 5.29. The minimum Gasteiger partial charge on any atom is -0.482 e. The molecule has 0 saturated carbocycles. The molecular weight excluding hydrogens is 348 g/mol. The number of hydrogen-bond acceptors (Lipinski definition) is 4. The monoisotopic (exact) mass is 368 g/mol. The van der Waals surface area contributed by atoms with E-state index in [1.54, 1.807) is 11.8 Å². The lowest BCUT2D eigenvalue weighted by Gasteiger charge is -2.18. The van der Waals surface area contributed by atoms with Crippen molar-refractivity contribution in [2.24, 2.45) is 0 Å². The van der Waals surface area contributed by atoms with Crippen LogP contribution in [0.4, 0.5) is 0 Å². The van der Waals surface area contributed by atoms with Gasteiger partial charge in [0, 0.05) is 16.2 Å². The molecule has 6 heteroatoms. The first kappa shape index (κ1) is 18.1. The molecule has 2 aromatic carbocycles. The van der Waals surface area contributed by atoms with Gasteiger partial charge in [-0.25, -0.2) is 4.79 Å². The number of aromatic amines is 1. The van der Waals surface area contributed by atoms with Gasteiger partial charge in [-0.3, -0.25) is 5.10 Å². The molecule has 1 heterocycles. The number of aryl methyl sites for hydroxylation is 2. The average molecular weight is 368 g/mol. The summed E-state index contributed by atoms with van der Waals surface area (Å²) in [6, 6.07) is 16.1. The normalized spacial score (nSPS) is 11.9. The fourth-order valence-electron chi connectivity index (χ4n) is 2.70. The minimum atomic E-state index is -0.984. The second kappa shape index (κ2) is 8.10. The second-order valence-corrected chi connectivity index (χ2v) is 7.15. The summed E-state index contributed by atoms with van der Waals surface area (Å²) < 4.78 is 5.31. The maximum atomic E-state index is 10.7. The van der Waals surface area contributed by atoms with Gasteiger partial charge in [0.15, 0.2) is 6.61 Å². The summed E-state index contributed by atoms with van der Waals surface area (Å²) in [5.41, 5.74) is 4.30. The van der Waals surface area contributed by atoms with Gasteiger partial charge in [0.25, 0.3) is 0 Å². The highest BCUT2D eigenvalue weighted by Crippen LogP contribution is 2.42. The molecule has 0 aliphatic heterocycles. The highest BCUT2D eigenvalue weighted by molar-refractivity contribution is 7.99. The van der Waals surface area contributed by atoms with E-state index in [0.717, 1.165) is 21.7 Å². The summed E-state index contributed by atoms with van der Waals surface area (Å²) in [6.45, 7) is 3.60. The number of nitrogens with one attached hydrogen (secondary N) is 1. The van der Waals surface area contributed by atoms with E-state index < -0.39 is 5.97 Å². The van der Waals surface area contributed by atoms with Crippen molar-refractivity contribution in [3.63, 3.8) is 0 Å². The van der Waals surface area contributed by atoms with Crippen molar-refractivity contribution in [2.45, 2.75) is 24.0 Å². The average Bonchev–Trinajstić information content (AvgIpc) is 3.05. The van der Waals surface area contributed by atoms with Crippen molar-refractivity contribution < 1.29 is 14.6 Å². The number of H-pyrrole nitrogens is 1. The number of ether oxygens (including phenoxy) is 1. The molecule has 0 aliphatic carbocycles. The van der Waals surface area contributed by atoms with Crippen LogP contribution in [-0.2, 0) is 4.79 Å². The molecule has 26 heavy (non-hydrogen) atoms. The summed E-state index contributed by atoms with van der Waals surface area (Å²) >= 11 is 1.73. The van der Waals surface area contributed by atoms with Crippen molar-refractivity contribution in [1.82, 2.24) is 10.2 Å². The van der Waals surface area contributed by atoms with Crippen LogP contribution in [0.25, 0.3) is 0 Å². The van der Waals surface area contributed by atoms with Crippen molar-refractivity contribution in [3.8, 4) is 5.75 Å². The molecule has 0 amide bonds. The Kier molecular flexibility index (Phi) is 5.63. The molecule has 0 fully saturated rings. The summed E-state index contributed by atoms with van der Waals surface area (Å²) in [5.74, 6) is -0.394. The number of aromatic nitrogens is 2. The summed E-state index contributed by atoms with van der Waals surface area (Å²) in [5, 5.41) is 16.1. The lowest BCUT2D eigenvalue weighted by atomic mass is 10.1. The molecular formula is C20H20N2O3S. The molecule has 2 N–H and O–H groups in total. The first-order valence-electron chi connectivity index (χ1n) is 8.21. The fraction of sp³-hybridized carbons (Fsp3) is 0.200. The van der Waals surface area contributed by atoms with Crippen LogP contribution in [0.15, 0.2) is 59.6 Å². The van der Waals surface area contributed by atoms with Gasteiger partial charge in [-0.15, -0.1) is 11.8 Å². The van der Waals surface area contributed by atoms with Gasteiger partial charge in [0.05, 0.1) is 11.4 Å². The Balaban J connectivity index is 1.87. The van der Waals surface area contributed by atoms with Crippen LogP contribution < -0.4 is 4.74 Å². The highest BCUT2D eigenvalue weighted by Gasteiger charge is 2.19. The quantitative estimate of drug-likeness (QED) is 0.606. The van der Waals surface area contributed by atoms with Crippen LogP contribution in [0.5, 0.6) is 5.75 Å². The minimum absolute atomic E-state index is 0.111. The zero-order valence-electron chi connectivity index (χ0n) is 14.6. The Morgan fingerprint density at radius 2 is 2.00 bits per heavy atom. The number of rotatable bonds is 7. The Hall–Kier alpha value is -2.73. The van der Waals surface area contributed by atoms with Crippen LogP contribution in [-0.4, -0.2) is 27.9 Å². The van der Waals surface area contributed by atoms with E-state index >= 15 is 0 Å². The molecule has 3 aromatic rings. The van der Waals surface area contributed by atoms with Gasteiger partial charge in [0.1, 0.15) is 5.75 Å². The number of carbonyl (C=O) groups is 1. The number of aliphatic carboxylic acids is 1. The predicted molar refractivity (Wildman–Crippen MR) is 102 cm³/mol. The molecule has 0 spiro atoms. The predicted octanol–water partition coefficient (Wildman–Crippen LogP) is 4.37. The summed E-state index contributed by atoms with van der Waals surface area (Å²) in [7, 11) is 0. The fourth-order valence-corrected chi connectivity index (χ4v) is 4.02. The second-order valence-electron chi connectivity index (χ2n) is 5.97. The van der Waals surface area contributed by atoms with Crippen molar-refractivity contribution >= 4 is 17.7 Å². The number of carboxylic acid groups (broad SMARTS) is 1. The third-order valence-electron chi connectivity index (χ3n) is 4.01. The van der Waals surface area contributed by atoms with Crippen molar-refractivity contribution in [3.05, 3.63) is 77.1 Å². The first-order valence-corrected chi connectivity index (χ1v) is 9.09. The van der Waals surface area contributed by atoms with E-state index in [1.807, 2.05) is 56.4 Å². The SMILES string of the molecule is Cc1cc(SC(c2ccccc2)c2cn[nH]c2C)ccc1OCC(=O)O. The van der Waals surface area contributed by atoms with Gasteiger partial charge in [-0.05, 0) is 43.2 Å². The van der Waals surface area contributed by atoms with E-state index in [0.29, 0.717) is 5.75 Å². The van der Waals surface area contributed by atoms with E-state index in [-0.39, 0.29) is 11.9 Å². The first-order chi connectivity index (χ1) is 12.5. The van der Waals surface area contributed by atoms with Crippen molar-refractivity contribution in [2.75, 3.05) is 6.61 Å². The Morgan fingerprint density at radius 3 is 2.62 bits per heavy atom. The smallest absolute Gasteiger partial charge is 0.341 e. The maximum absolute atomic E-state index is 10.7. The van der Waals surface area contributed by atoms with Crippen LogP contribution in [0.3, 0.4) is 0 Å². The summed E-state index contributed by atoms with van der Waals surface area (Å²) in [6.07, 6.45) is 1.87. The number of thioether (sulfide) groups is 1. The molecule has 3 rings (SSSR count). The van der Waals surface area contributed by atoms with Gasteiger partial charge in [-0.2, -0.15) is 5.10 Å².